The van der Waals surface area contributed by atoms with E-state index in [1.165, 1.54) is 89.9 Å². The highest BCUT2D eigenvalue weighted by Crippen LogP contribution is 2.22. The van der Waals surface area contributed by atoms with E-state index in [9.17, 15) is 30.0 Å². The molecule has 0 spiro atoms. The van der Waals surface area contributed by atoms with Gasteiger partial charge in [-0.1, -0.05) is 136 Å². The van der Waals surface area contributed by atoms with Gasteiger partial charge in [-0.25, -0.2) is 0 Å². The Bertz CT molecular complexity index is 734. The minimum atomic E-state index is -1.59. The van der Waals surface area contributed by atoms with Crippen molar-refractivity contribution in [3.63, 3.8) is 0 Å². The molecule has 10 nitrogen and oxygen atoms in total. The lowest BCUT2D eigenvalue weighted by Gasteiger charge is -2.39. The fraction of sp³-hybridized carbons (Fsp3) is 0.944. The standard InChI is InChI=1S/C36H68O10/c1-3-5-7-9-11-13-14-15-17-19-21-23-25-32(39)45-29(28-44-36-35(42)34(41)33(40)30(26-37)46-36)27-43-31(38)24-22-20-18-16-12-10-8-6-4-2/h29-30,33-37,40-42H,3-28H2,1-2H3/t29-,30-,33+,34+,35-,36-/m1/s1. The molecule has 1 aliphatic heterocycles. The predicted octanol–water partition coefficient (Wildman–Crippen LogP) is 6.27. The maximum absolute atomic E-state index is 12.6. The van der Waals surface area contributed by atoms with Gasteiger partial charge in [-0.3, -0.25) is 9.59 Å². The van der Waals surface area contributed by atoms with Crippen molar-refractivity contribution in [2.24, 2.45) is 0 Å². The van der Waals surface area contributed by atoms with Crippen LogP contribution in [0.3, 0.4) is 0 Å². The summed E-state index contributed by atoms with van der Waals surface area (Å²) in [5.41, 5.74) is 0. The van der Waals surface area contributed by atoms with E-state index in [2.05, 4.69) is 13.8 Å². The van der Waals surface area contributed by atoms with Crippen LogP contribution in [0, 0.1) is 0 Å². The molecular weight excluding hydrogens is 592 g/mol. The van der Waals surface area contributed by atoms with E-state index >= 15 is 0 Å². The number of hydrogen-bond donors (Lipinski definition) is 4. The van der Waals surface area contributed by atoms with Crippen molar-refractivity contribution in [2.75, 3.05) is 19.8 Å². The summed E-state index contributed by atoms with van der Waals surface area (Å²) in [5, 5.41) is 39.8. The van der Waals surface area contributed by atoms with E-state index in [0.29, 0.717) is 6.42 Å². The number of esters is 2. The molecule has 1 heterocycles. The number of aliphatic hydroxyl groups is 4. The highest BCUT2D eigenvalue weighted by Gasteiger charge is 2.44. The second kappa shape index (κ2) is 28.7. The Balaban J connectivity index is 2.41. The van der Waals surface area contributed by atoms with Gasteiger partial charge in [-0.05, 0) is 12.8 Å². The first-order valence-corrected chi connectivity index (χ1v) is 18.6. The molecule has 4 N–H and O–H groups in total. The minimum absolute atomic E-state index is 0.210. The van der Waals surface area contributed by atoms with Gasteiger partial charge in [0.25, 0.3) is 0 Å². The Labute approximate surface area is 278 Å². The fourth-order valence-electron chi connectivity index (χ4n) is 5.72. The van der Waals surface area contributed by atoms with Gasteiger partial charge >= 0.3 is 11.9 Å². The molecule has 0 radical (unpaired) electrons. The molecule has 0 aromatic carbocycles. The molecular formula is C36H68O10. The zero-order valence-corrected chi connectivity index (χ0v) is 29.1. The molecule has 1 saturated heterocycles. The van der Waals surface area contributed by atoms with Crippen molar-refractivity contribution < 1.29 is 49.0 Å². The van der Waals surface area contributed by atoms with Gasteiger partial charge in [0.05, 0.1) is 13.2 Å². The Morgan fingerprint density at radius 3 is 1.48 bits per heavy atom. The van der Waals surface area contributed by atoms with E-state index in [-0.39, 0.29) is 32.0 Å². The summed E-state index contributed by atoms with van der Waals surface area (Å²) in [7, 11) is 0. The van der Waals surface area contributed by atoms with E-state index in [1.54, 1.807) is 0 Å². The summed E-state index contributed by atoms with van der Waals surface area (Å²) >= 11 is 0. The molecule has 1 rings (SSSR count). The molecule has 0 amide bonds. The number of ether oxygens (including phenoxy) is 4. The predicted molar refractivity (Wildman–Crippen MR) is 178 cm³/mol. The average molecular weight is 661 g/mol. The van der Waals surface area contributed by atoms with Crippen LogP contribution < -0.4 is 0 Å². The molecule has 0 bridgehead atoms. The third-order valence-electron chi connectivity index (χ3n) is 8.74. The smallest absolute Gasteiger partial charge is 0.306 e. The van der Waals surface area contributed by atoms with Crippen molar-refractivity contribution in [3.05, 3.63) is 0 Å². The van der Waals surface area contributed by atoms with E-state index in [0.717, 1.165) is 38.5 Å². The van der Waals surface area contributed by atoms with Gasteiger partial charge in [0.2, 0.25) is 0 Å². The lowest BCUT2D eigenvalue weighted by Crippen LogP contribution is -2.59. The number of rotatable bonds is 30. The van der Waals surface area contributed by atoms with Crippen molar-refractivity contribution in [3.8, 4) is 0 Å². The number of carbonyl (C=O) groups excluding carboxylic acids is 2. The Hall–Kier alpha value is -1.30. The van der Waals surface area contributed by atoms with E-state index in [1.807, 2.05) is 0 Å². The molecule has 272 valence electrons. The first-order valence-electron chi connectivity index (χ1n) is 18.6. The number of unbranched alkanes of at least 4 members (excludes halogenated alkanes) is 19. The molecule has 1 aliphatic rings. The normalized spacial score (nSPS) is 22.1. The molecule has 1 fully saturated rings. The molecule has 0 saturated carbocycles. The Kier molecular flexibility index (Phi) is 26.6. The van der Waals surface area contributed by atoms with E-state index < -0.39 is 49.4 Å². The van der Waals surface area contributed by atoms with Gasteiger partial charge in [-0.2, -0.15) is 0 Å². The summed E-state index contributed by atoms with van der Waals surface area (Å²) in [5.74, 6) is -0.803. The molecule has 0 aromatic rings. The zero-order valence-electron chi connectivity index (χ0n) is 29.1. The van der Waals surface area contributed by atoms with E-state index in [4.69, 9.17) is 18.9 Å². The summed E-state index contributed by atoms with van der Waals surface area (Å²) in [6, 6.07) is 0. The van der Waals surface area contributed by atoms with Gasteiger partial charge < -0.3 is 39.4 Å². The van der Waals surface area contributed by atoms with Crippen LogP contribution in [0.1, 0.15) is 162 Å². The van der Waals surface area contributed by atoms with Crippen molar-refractivity contribution in [1.29, 1.82) is 0 Å². The quantitative estimate of drug-likeness (QED) is 0.0512. The van der Waals surface area contributed by atoms with Crippen LogP contribution in [0.25, 0.3) is 0 Å². The van der Waals surface area contributed by atoms with Crippen LogP contribution >= 0.6 is 0 Å². The molecule has 6 atom stereocenters. The molecule has 10 heteroatoms. The lowest BCUT2D eigenvalue weighted by atomic mass is 9.99. The largest absolute Gasteiger partial charge is 0.462 e. The zero-order chi connectivity index (χ0) is 33.8. The maximum Gasteiger partial charge on any atom is 0.306 e. The van der Waals surface area contributed by atoms with Gasteiger partial charge in [0.15, 0.2) is 12.4 Å². The Morgan fingerprint density at radius 1 is 0.587 bits per heavy atom. The third kappa shape index (κ3) is 20.8. The maximum atomic E-state index is 12.6. The first-order chi connectivity index (χ1) is 22.3. The summed E-state index contributed by atoms with van der Waals surface area (Å²) in [6.45, 7) is 3.38. The fourth-order valence-corrected chi connectivity index (χ4v) is 5.72. The highest BCUT2D eigenvalue weighted by atomic mass is 16.7. The number of aliphatic hydroxyl groups excluding tert-OH is 4. The van der Waals surface area contributed by atoms with Crippen LogP contribution in [0.15, 0.2) is 0 Å². The van der Waals surface area contributed by atoms with Crippen LogP contribution in [-0.4, -0.2) is 89.0 Å². The molecule has 46 heavy (non-hydrogen) atoms. The van der Waals surface area contributed by atoms with Crippen LogP contribution in [0.5, 0.6) is 0 Å². The second-order valence-electron chi connectivity index (χ2n) is 13.0. The summed E-state index contributed by atoms with van der Waals surface area (Å²) in [6.07, 6.45) is 16.9. The van der Waals surface area contributed by atoms with Crippen LogP contribution in [0.2, 0.25) is 0 Å². The van der Waals surface area contributed by atoms with Gasteiger partial charge in [0.1, 0.15) is 31.0 Å². The topological polar surface area (TPSA) is 152 Å². The molecule has 0 unspecified atom stereocenters. The number of hydrogen-bond acceptors (Lipinski definition) is 10. The van der Waals surface area contributed by atoms with Crippen molar-refractivity contribution in [2.45, 2.75) is 198 Å². The SMILES string of the molecule is CCCCCCCCCCCCCCC(=O)O[C@H](COC(=O)CCCCCCCCCCC)CO[C@@H]1O[C@H](CO)[C@H](O)[C@H](O)[C@H]1O. The minimum Gasteiger partial charge on any atom is -0.462 e. The monoisotopic (exact) mass is 660 g/mol. The van der Waals surface area contributed by atoms with Crippen molar-refractivity contribution in [1.82, 2.24) is 0 Å². The second-order valence-corrected chi connectivity index (χ2v) is 13.0. The summed E-state index contributed by atoms with van der Waals surface area (Å²) in [4.78, 5) is 25.0. The van der Waals surface area contributed by atoms with Crippen LogP contribution in [-0.2, 0) is 28.5 Å². The Morgan fingerprint density at radius 2 is 1.02 bits per heavy atom. The third-order valence-corrected chi connectivity index (χ3v) is 8.74. The molecule has 0 aromatic heterocycles. The van der Waals surface area contributed by atoms with Gasteiger partial charge in [0, 0.05) is 12.8 Å². The van der Waals surface area contributed by atoms with Crippen LogP contribution in [0.4, 0.5) is 0 Å². The summed E-state index contributed by atoms with van der Waals surface area (Å²) < 4.78 is 22.0. The lowest BCUT2D eigenvalue weighted by molar-refractivity contribution is -0.305. The molecule has 0 aliphatic carbocycles. The van der Waals surface area contributed by atoms with Gasteiger partial charge in [-0.15, -0.1) is 0 Å². The van der Waals surface area contributed by atoms with Crippen molar-refractivity contribution >= 4 is 11.9 Å². The average Bonchev–Trinajstić information content (AvgIpc) is 3.05. The number of carbonyl (C=O) groups is 2. The first kappa shape index (κ1) is 42.7. The highest BCUT2D eigenvalue weighted by molar-refractivity contribution is 5.70.